The number of hydrogen-bond acceptors (Lipinski definition) is 3. The zero-order valence-electron chi connectivity index (χ0n) is 8.38. The summed E-state index contributed by atoms with van der Waals surface area (Å²) in [6.07, 6.45) is 4.12. The molecule has 3 N–H and O–H groups in total. The Bertz CT molecular complexity index is 182. The van der Waals surface area contributed by atoms with Crippen molar-refractivity contribution in [2.45, 2.75) is 37.8 Å². The fourth-order valence-corrected chi connectivity index (χ4v) is 2.02. The van der Waals surface area contributed by atoms with Crippen LogP contribution in [-0.2, 0) is 4.74 Å². The topological polar surface area (TPSA) is 47.3 Å². The first kappa shape index (κ1) is 9.44. The van der Waals surface area contributed by atoms with Gasteiger partial charge in [0.2, 0.25) is 0 Å². The third-order valence-corrected chi connectivity index (χ3v) is 3.50. The van der Waals surface area contributed by atoms with Crippen LogP contribution < -0.4 is 11.1 Å². The predicted molar refractivity (Wildman–Crippen MR) is 52.5 cm³/mol. The largest absolute Gasteiger partial charge is 0.376 e. The maximum atomic E-state index is 5.82. The van der Waals surface area contributed by atoms with Crippen molar-refractivity contribution >= 4 is 0 Å². The summed E-state index contributed by atoms with van der Waals surface area (Å²) in [5.74, 6) is 0.913. The van der Waals surface area contributed by atoms with Gasteiger partial charge in [-0.1, -0.05) is 0 Å². The van der Waals surface area contributed by atoms with Crippen LogP contribution in [0, 0.1) is 5.92 Å². The van der Waals surface area contributed by atoms with E-state index in [1.165, 1.54) is 12.8 Å². The van der Waals surface area contributed by atoms with Crippen LogP contribution in [0.5, 0.6) is 0 Å². The SMILES string of the molecule is CC1OCCC1(CN)NCC1CC1. The van der Waals surface area contributed by atoms with Crippen molar-refractivity contribution in [2.24, 2.45) is 11.7 Å². The summed E-state index contributed by atoms with van der Waals surface area (Å²) in [6, 6.07) is 0. The maximum absolute atomic E-state index is 5.82. The molecular weight excluding hydrogens is 164 g/mol. The lowest BCUT2D eigenvalue weighted by molar-refractivity contribution is 0.0850. The average Bonchev–Trinajstić information content (AvgIpc) is 2.89. The highest BCUT2D eigenvalue weighted by Gasteiger charge is 2.40. The van der Waals surface area contributed by atoms with E-state index < -0.39 is 0 Å². The van der Waals surface area contributed by atoms with Gasteiger partial charge in [-0.2, -0.15) is 0 Å². The molecule has 76 valence electrons. The van der Waals surface area contributed by atoms with Gasteiger partial charge >= 0.3 is 0 Å². The zero-order chi connectivity index (χ0) is 9.31. The van der Waals surface area contributed by atoms with Gasteiger partial charge in [-0.05, 0) is 38.6 Å². The molecule has 13 heavy (non-hydrogen) atoms. The summed E-state index contributed by atoms with van der Waals surface area (Å²) in [5.41, 5.74) is 5.90. The van der Waals surface area contributed by atoms with E-state index in [0.717, 1.165) is 25.5 Å². The highest BCUT2D eigenvalue weighted by Crippen LogP contribution is 2.30. The highest BCUT2D eigenvalue weighted by atomic mass is 16.5. The minimum atomic E-state index is 0.0720. The Morgan fingerprint density at radius 2 is 2.31 bits per heavy atom. The Morgan fingerprint density at radius 1 is 1.54 bits per heavy atom. The van der Waals surface area contributed by atoms with Gasteiger partial charge in [0, 0.05) is 13.2 Å². The molecule has 0 radical (unpaired) electrons. The summed E-state index contributed by atoms with van der Waals surface area (Å²) in [7, 11) is 0. The first-order valence-electron chi connectivity index (χ1n) is 5.33. The van der Waals surface area contributed by atoms with E-state index in [0.29, 0.717) is 6.54 Å². The predicted octanol–water partition coefficient (Wildman–Crippen LogP) is 0.492. The van der Waals surface area contributed by atoms with E-state index in [4.69, 9.17) is 10.5 Å². The Kier molecular flexibility index (Phi) is 2.58. The summed E-state index contributed by atoms with van der Waals surface area (Å²) in [5, 5.41) is 3.61. The van der Waals surface area contributed by atoms with Gasteiger partial charge in [0.15, 0.2) is 0 Å². The van der Waals surface area contributed by atoms with Crippen LogP contribution in [0.15, 0.2) is 0 Å². The van der Waals surface area contributed by atoms with E-state index >= 15 is 0 Å². The molecule has 0 aromatic heterocycles. The summed E-state index contributed by atoms with van der Waals surface area (Å²) >= 11 is 0. The van der Waals surface area contributed by atoms with E-state index in [2.05, 4.69) is 12.2 Å². The normalized spacial score (nSPS) is 39.7. The number of ether oxygens (including phenoxy) is 1. The average molecular weight is 184 g/mol. The minimum absolute atomic E-state index is 0.0720. The van der Waals surface area contributed by atoms with Gasteiger partial charge in [0.1, 0.15) is 0 Å². The molecule has 3 heteroatoms. The number of nitrogens with one attached hydrogen (secondary N) is 1. The van der Waals surface area contributed by atoms with Gasteiger partial charge in [-0.3, -0.25) is 0 Å². The molecule has 0 aromatic carbocycles. The van der Waals surface area contributed by atoms with Crippen molar-refractivity contribution in [1.82, 2.24) is 5.32 Å². The summed E-state index contributed by atoms with van der Waals surface area (Å²) < 4.78 is 5.57. The highest BCUT2D eigenvalue weighted by molar-refractivity contribution is 4.99. The summed E-state index contributed by atoms with van der Waals surface area (Å²) in [4.78, 5) is 0. The number of rotatable bonds is 4. The van der Waals surface area contributed by atoms with Crippen LogP contribution >= 0.6 is 0 Å². The lowest BCUT2D eigenvalue weighted by atomic mass is 9.92. The monoisotopic (exact) mass is 184 g/mol. The molecule has 1 saturated heterocycles. The Hall–Kier alpha value is -0.120. The minimum Gasteiger partial charge on any atom is -0.376 e. The van der Waals surface area contributed by atoms with Crippen LogP contribution in [0.25, 0.3) is 0 Å². The third-order valence-electron chi connectivity index (χ3n) is 3.50. The fourth-order valence-electron chi connectivity index (χ4n) is 2.02. The first-order valence-corrected chi connectivity index (χ1v) is 5.33. The second-order valence-electron chi connectivity index (χ2n) is 4.45. The molecule has 0 aromatic rings. The quantitative estimate of drug-likeness (QED) is 0.668. The molecular formula is C10H20N2O. The number of hydrogen-bond donors (Lipinski definition) is 2. The Labute approximate surface area is 80.0 Å². The lowest BCUT2D eigenvalue weighted by Gasteiger charge is -2.32. The summed E-state index contributed by atoms with van der Waals surface area (Å²) in [6.45, 7) is 4.81. The van der Waals surface area contributed by atoms with E-state index in [1.807, 2.05) is 0 Å². The molecule has 0 bridgehead atoms. The van der Waals surface area contributed by atoms with Gasteiger partial charge in [0.25, 0.3) is 0 Å². The van der Waals surface area contributed by atoms with Crippen molar-refractivity contribution in [3.63, 3.8) is 0 Å². The van der Waals surface area contributed by atoms with Crippen LogP contribution in [0.1, 0.15) is 26.2 Å². The van der Waals surface area contributed by atoms with Gasteiger partial charge in [-0.25, -0.2) is 0 Å². The van der Waals surface area contributed by atoms with Gasteiger partial charge in [0.05, 0.1) is 11.6 Å². The van der Waals surface area contributed by atoms with Gasteiger partial charge < -0.3 is 15.8 Å². The second-order valence-corrected chi connectivity index (χ2v) is 4.45. The van der Waals surface area contributed by atoms with Crippen molar-refractivity contribution in [1.29, 1.82) is 0 Å². The molecule has 1 aliphatic carbocycles. The molecule has 0 amide bonds. The van der Waals surface area contributed by atoms with Crippen LogP contribution in [0.4, 0.5) is 0 Å². The van der Waals surface area contributed by atoms with Crippen LogP contribution in [-0.4, -0.2) is 31.3 Å². The Morgan fingerprint density at radius 3 is 2.77 bits per heavy atom. The van der Waals surface area contributed by atoms with Crippen molar-refractivity contribution in [3.05, 3.63) is 0 Å². The molecule has 2 fully saturated rings. The van der Waals surface area contributed by atoms with E-state index in [-0.39, 0.29) is 11.6 Å². The van der Waals surface area contributed by atoms with Crippen molar-refractivity contribution < 1.29 is 4.74 Å². The molecule has 3 nitrogen and oxygen atoms in total. The molecule has 1 saturated carbocycles. The van der Waals surface area contributed by atoms with E-state index in [1.54, 1.807) is 0 Å². The molecule has 1 heterocycles. The lowest BCUT2D eigenvalue weighted by Crippen LogP contribution is -2.56. The first-order chi connectivity index (χ1) is 6.27. The van der Waals surface area contributed by atoms with Crippen LogP contribution in [0.3, 0.4) is 0 Å². The maximum Gasteiger partial charge on any atom is 0.0741 e. The standard InChI is InChI=1S/C10H20N2O/c1-8-10(7-11,4-5-13-8)12-6-9-2-3-9/h8-9,12H,2-7,11H2,1H3. The van der Waals surface area contributed by atoms with Crippen molar-refractivity contribution in [3.8, 4) is 0 Å². The van der Waals surface area contributed by atoms with E-state index in [9.17, 15) is 0 Å². The number of nitrogens with two attached hydrogens (primary N) is 1. The molecule has 2 unspecified atom stereocenters. The Balaban J connectivity index is 1.88. The van der Waals surface area contributed by atoms with Crippen molar-refractivity contribution in [2.75, 3.05) is 19.7 Å². The van der Waals surface area contributed by atoms with Crippen LogP contribution in [0.2, 0.25) is 0 Å². The third kappa shape index (κ3) is 1.87. The van der Waals surface area contributed by atoms with Gasteiger partial charge in [-0.15, -0.1) is 0 Å². The second kappa shape index (κ2) is 3.56. The fraction of sp³-hybridized carbons (Fsp3) is 1.00. The molecule has 2 aliphatic rings. The zero-order valence-corrected chi connectivity index (χ0v) is 8.38. The molecule has 1 aliphatic heterocycles. The molecule has 0 spiro atoms. The molecule has 2 atom stereocenters. The smallest absolute Gasteiger partial charge is 0.0741 e. The molecule has 2 rings (SSSR count).